The van der Waals surface area contributed by atoms with Gasteiger partial charge >= 0.3 is 0 Å². The van der Waals surface area contributed by atoms with Gasteiger partial charge in [0.1, 0.15) is 5.75 Å². The van der Waals surface area contributed by atoms with Gasteiger partial charge in [0.25, 0.3) is 0 Å². The Bertz CT molecular complexity index is 398. The zero-order valence-corrected chi connectivity index (χ0v) is 9.15. The number of Topliss-reactive ketones (excluding diaryl/α,β-unsaturated/α-hetero) is 1. The molecule has 0 unspecified atom stereocenters. The molecule has 0 spiro atoms. The first-order valence-electron chi connectivity index (χ1n) is 5.53. The fraction of sp³-hybridized carbons (Fsp3) is 0.417. The number of rotatable bonds is 3. The highest BCUT2D eigenvalue weighted by molar-refractivity contribution is 6.00. The van der Waals surface area contributed by atoms with Crippen molar-refractivity contribution in [2.75, 3.05) is 24.5 Å². The van der Waals surface area contributed by atoms with Crippen LogP contribution in [0, 0.1) is 0 Å². The van der Waals surface area contributed by atoms with Gasteiger partial charge < -0.3 is 15.7 Å². The molecule has 0 radical (unpaired) electrons. The van der Waals surface area contributed by atoms with Crippen LogP contribution in [-0.2, 0) is 0 Å². The van der Waals surface area contributed by atoms with E-state index in [1.807, 2.05) is 6.07 Å². The Kier molecular flexibility index (Phi) is 3.10. The molecule has 86 valence electrons. The predicted molar refractivity (Wildman–Crippen MR) is 62.9 cm³/mol. The van der Waals surface area contributed by atoms with Gasteiger partial charge in [-0.2, -0.15) is 0 Å². The van der Waals surface area contributed by atoms with Gasteiger partial charge in [-0.25, -0.2) is 0 Å². The summed E-state index contributed by atoms with van der Waals surface area (Å²) in [7, 11) is 0. The van der Waals surface area contributed by atoms with Crippen LogP contribution in [0.15, 0.2) is 18.2 Å². The average Bonchev–Trinajstić information content (AvgIpc) is 2.82. The molecule has 0 saturated carbocycles. The second kappa shape index (κ2) is 4.53. The molecule has 1 fully saturated rings. The molecular weight excluding hydrogens is 204 g/mol. The van der Waals surface area contributed by atoms with E-state index in [1.54, 1.807) is 12.1 Å². The molecule has 3 N–H and O–H groups in total. The number of carbonyl (C=O) groups excluding carboxylic acids is 1. The number of ketones is 1. The molecule has 1 aliphatic rings. The van der Waals surface area contributed by atoms with Gasteiger partial charge in [0.2, 0.25) is 0 Å². The SMILES string of the molecule is NCC(=O)c1cc(N2CCCC2)ccc1O. The summed E-state index contributed by atoms with van der Waals surface area (Å²) in [6.45, 7) is 1.96. The molecule has 4 nitrogen and oxygen atoms in total. The van der Waals surface area contributed by atoms with E-state index >= 15 is 0 Å². The van der Waals surface area contributed by atoms with Gasteiger partial charge in [-0.1, -0.05) is 0 Å². The smallest absolute Gasteiger partial charge is 0.180 e. The van der Waals surface area contributed by atoms with Crippen molar-refractivity contribution in [2.45, 2.75) is 12.8 Å². The first-order valence-corrected chi connectivity index (χ1v) is 5.53. The van der Waals surface area contributed by atoms with Crippen LogP contribution in [0.5, 0.6) is 5.75 Å². The van der Waals surface area contributed by atoms with Crippen molar-refractivity contribution in [1.29, 1.82) is 0 Å². The van der Waals surface area contributed by atoms with Crippen LogP contribution >= 0.6 is 0 Å². The number of phenolic OH excluding ortho intramolecular Hbond substituents is 1. The van der Waals surface area contributed by atoms with Crippen molar-refractivity contribution < 1.29 is 9.90 Å². The number of aromatic hydroxyl groups is 1. The normalized spacial score (nSPS) is 15.4. The molecule has 0 aromatic heterocycles. The van der Waals surface area contributed by atoms with Crippen molar-refractivity contribution in [3.8, 4) is 5.75 Å². The van der Waals surface area contributed by atoms with Crippen molar-refractivity contribution in [2.24, 2.45) is 5.73 Å². The van der Waals surface area contributed by atoms with E-state index in [9.17, 15) is 9.90 Å². The quantitative estimate of drug-likeness (QED) is 0.749. The summed E-state index contributed by atoms with van der Waals surface area (Å²) in [6.07, 6.45) is 2.36. The minimum absolute atomic E-state index is 0.0124. The van der Waals surface area contributed by atoms with E-state index in [4.69, 9.17) is 5.73 Å². The molecule has 16 heavy (non-hydrogen) atoms. The van der Waals surface area contributed by atoms with Crippen LogP contribution in [-0.4, -0.2) is 30.5 Å². The van der Waals surface area contributed by atoms with Gasteiger partial charge in [0.05, 0.1) is 12.1 Å². The summed E-state index contributed by atoms with van der Waals surface area (Å²) in [5.41, 5.74) is 6.62. The Labute approximate surface area is 94.7 Å². The maximum atomic E-state index is 11.5. The number of hydrogen-bond acceptors (Lipinski definition) is 4. The standard InChI is InChI=1S/C12H16N2O2/c13-8-12(16)10-7-9(3-4-11(10)15)14-5-1-2-6-14/h3-4,7,15H,1-2,5-6,8,13H2. The van der Waals surface area contributed by atoms with E-state index in [2.05, 4.69) is 4.90 Å². The summed E-state index contributed by atoms with van der Waals surface area (Å²) >= 11 is 0. The molecule has 0 atom stereocenters. The number of carbonyl (C=O) groups is 1. The third kappa shape index (κ3) is 2.02. The second-order valence-electron chi connectivity index (χ2n) is 4.02. The van der Waals surface area contributed by atoms with Crippen molar-refractivity contribution >= 4 is 11.5 Å². The average molecular weight is 220 g/mol. The van der Waals surface area contributed by atoms with Gasteiger partial charge in [-0.15, -0.1) is 0 Å². The third-order valence-electron chi connectivity index (χ3n) is 2.94. The fourth-order valence-electron chi connectivity index (χ4n) is 2.03. The maximum absolute atomic E-state index is 11.5. The number of nitrogens with two attached hydrogens (primary N) is 1. The van der Waals surface area contributed by atoms with E-state index in [1.165, 1.54) is 12.8 Å². The lowest BCUT2D eigenvalue weighted by molar-refractivity contribution is 0.0999. The minimum Gasteiger partial charge on any atom is -0.507 e. The number of anilines is 1. The summed E-state index contributed by atoms with van der Waals surface area (Å²) < 4.78 is 0. The molecule has 0 amide bonds. The number of phenols is 1. The Hall–Kier alpha value is -1.55. The summed E-state index contributed by atoms with van der Waals surface area (Å²) in [5.74, 6) is -0.211. The van der Waals surface area contributed by atoms with Crippen LogP contribution in [0.25, 0.3) is 0 Å². The maximum Gasteiger partial charge on any atom is 0.180 e. The number of benzene rings is 1. The molecule has 4 heteroatoms. The molecule has 2 rings (SSSR count). The fourth-order valence-corrected chi connectivity index (χ4v) is 2.03. The van der Waals surface area contributed by atoms with E-state index < -0.39 is 0 Å². The van der Waals surface area contributed by atoms with Crippen LogP contribution < -0.4 is 10.6 Å². The van der Waals surface area contributed by atoms with Crippen molar-refractivity contribution in [3.05, 3.63) is 23.8 Å². The van der Waals surface area contributed by atoms with Crippen LogP contribution in [0.4, 0.5) is 5.69 Å². The van der Waals surface area contributed by atoms with Crippen LogP contribution in [0.2, 0.25) is 0 Å². The van der Waals surface area contributed by atoms with E-state index in [0.29, 0.717) is 5.56 Å². The lowest BCUT2D eigenvalue weighted by atomic mass is 10.1. The van der Waals surface area contributed by atoms with Gasteiger partial charge in [-0.05, 0) is 31.0 Å². The highest BCUT2D eigenvalue weighted by Gasteiger charge is 2.16. The van der Waals surface area contributed by atoms with Gasteiger partial charge in [0.15, 0.2) is 5.78 Å². The molecule has 1 aliphatic heterocycles. The molecule has 1 aromatic carbocycles. The van der Waals surface area contributed by atoms with E-state index in [-0.39, 0.29) is 18.1 Å². The van der Waals surface area contributed by atoms with E-state index in [0.717, 1.165) is 18.8 Å². The van der Waals surface area contributed by atoms with Crippen molar-refractivity contribution in [1.82, 2.24) is 0 Å². The van der Waals surface area contributed by atoms with Gasteiger partial charge in [-0.3, -0.25) is 4.79 Å². The van der Waals surface area contributed by atoms with Crippen LogP contribution in [0.3, 0.4) is 0 Å². The molecular formula is C12H16N2O2. The molecule has 1 aromatic rings. The van der Waals surface area contributed by atoms with Gasteiger partial charge in [0, 0.05) is 18.8 Å². The van der Waals surface area contributed by atoms with Crippen molar-refractivity contribution in [3.63, 3.8) is 0 Å². The largest absolute Gasteiger partial charge is 0.507 e. The molecule has 1 saturated heterocycles. The number of nitrogens with zero attached hydrogens (tertiary/aromatic N) is 1. The summed E-state index contributed by atoms with van der Waals surface area (Å²) in [6, 6.07) is 5.14. The first kappa shape index (κ1) is 11.0. The Morgan fingerprint density at radius 3 is 2.69 bits per heavy atom. The summed E-state index contributed by atoms with van der Waals surface area (Å²) in [5, 5.41) is 9.58. The Morgan fingerprint density at radius 1 is 1.38 bits per heavy atom. The zero-order chi connectivity index (χ0) is 11.5. The first-order chi connectivity index (χ1) is 7.72. The zero-order valence-electron chi connectivity index (χ0n) is 9.15. The topological polar surface area (TPSA) is 66.6 Å². The second-order valence-corrected chi connectivity index (χ2v) is 4.02. The lowest BCUT2D eigenvalue weighted by Crippen LogP contribution is -2.19. The highest BCUT2D eigenvalue weighted by Crippen LogP contribution is 2.26. The Balaban J connectivity index is 2.30. The predicted octanol–water partition coefficient (Wildman–Crippen LogP) is 1.13. The number of hydrogen-bond donors (Lipinski definition) is 2. The molecule has 0 bridgehead atoms. The summed E-state index contributed by atoms with van der Waals surface area (Å²) in [4.78, 5) is 13.7. The highest BCUT2D eigenvalue weighted by atomic mass is 16.3. The Morgan fingerprint density at radius 2 is 2.06 bits per heavy atom. The van der Waals surface area contributed by atoms with Crippen LogP contribution in [0.1, 0.15) is 23.2 Å². The monoisotopic (exact) mass is 220 g/mol. The minimum atomic E-state index is -0.224. The lowest BCUT2D eigenvalue weighted by Gasteiger charge is -2.18. The molecule has 1 heterocycles. The third-order valence-corrected chi connectivity index (χ3v) is 2.94. The molecule has 0 aliphatic carbocycles.